The number of ether oxygens (including phenoxy) is 1. The molecule has 382 valence electrons. The average Bonchev–Trinajstić information content (AvgIpc) is 3.28. The van der Waals surface area contributed by atoms with Crippen LogP contribution < -0.4 is 5.32 Å². The Morgan fingerprint density at radius 2 is 1.03 bits per heavy atom. The summed E-state index contributed by atoms with van der Waals surface area (Å²) < 4.78 is 30.4. The molecule has 0 saturated heterocycles. The predicted molar refractivity (Wildman–Crippen MR) is 286 cm³/mol. The van der Waals surface area contributed by atoms with Gasteiger partial charge in [0.05, 0.1) is 33.8 Å². The Morgan fingerprint density at radius 3 is 1.58 bits per heavy atom. The van der Waals surface area contributed by atoms with Crippen molar-refractivity contribution >= 4 is 19.7 Å². The smallest absolute Gasteiger partial charge is 0.456 e. The van der Waals surface area contributed by atoms with E-state index >= 15 is 0 Å². The van der Waals surface area contributed by atoms with Gasteiger partial charge in [0, 0.05) is 12.8 Å². The van der Waals surface area contributed by atoms with Crippen molar-refractivity contribution in [1.29, 1.82) is 0 Å². The highest BCUT2D eigenvalue weighted by Crippen LogP contribution is 2.43. The number of unbranched alkanes of at least 4 members (excludes halogenated alkanes) is 18. The fourth-order valence-corrected chi connectivity index (χ4v) is 7.52. The standard InChI is InChI=1S/C57H97N2O7P/c1-7-10-13-16-19-22-25-27-28-29-30-32-35-38-41-44-47-50-57(61)66-55(48-45-42-39-36-33-24-21-18-15-12-9-3)54(53-65-67(62,63)64-52-51-59(4,5)6)58-56(60)49-46-43-40-37-34-31-26-23-20-17-14-11-8-2/h10,13,16,19,22,25,27-32,34-35,40,43,45,48,54-55H,7-9,11-12,14-15,17-18,20-21,23-24,26,33,36-39,41-42,44,46-47,49-53H2,1-6H3,(H-,58,60,62,63)/p+1/b13-10-,19-16+,25-22+,28-27-,30-29+,34-31-,35-32+,43-40+,48-45+. The topological polar surface area (TPSA) is 111 Å². The number of likely N-dealkylation sites (N-methyl/N-ethyl adjacent to an activating group) is 1. The Balaban J connectivity index is 5.58. The van der Waals surface area contributed by atoms with E-state index in [0.717, 1.165) is 57.8 Å². The summed E-state index contributed by atoms with van der Waals surface area (Å²) in [6.45, 7) is 6.73. The van der Waals surface area contributed by atoms with Gasteiger partial charge in [0.15, 0.2) is 0 Å². The van der Waals surface area contributed by atoms with Crippen molar-refractivity contribution in [2.75, 3.05) is 40.9 Å². The van der Waals surface area contributed by atoms with Gasteiger partial charge in [-0.25, -0.2) is 4.57 Å². The number of rotatable bonds is 45. The summed E-state index contributed by atoms with van der Waals surface area (Å²) in [5.74, 6) is -0.647. The quantitative estimate of drug-likeness (QED) is 0.0156. The fraction of sp³-hybridized carbons (Fsp3) is 0.649. The molecule has 1 amide bonds. The van der Waals surface area contributed by atoms with Gasteiger partial charge in [-0.15, -0.1) is 0 Å². The lowest BCUT2D eigenvalue weighted by molar-refractivity contribution is -0.870. The number of nitrogens with zero attached hydrogens (tertiary/aromatic N) is 1. The van der Waals surface area contributed by atoms with E-state index in [2.05, 4.69) is 56.5 Å². The normalized spacial score (nSPS) is 14.8. The van der Waals surface area contributed by atoms with E-state index in [1.54, 1.807) is 0 Å². The second-order valence-electron chi connectivity index (χ2n) is 18.5. The lowest BCUT2D eigenvalue weighted by atomic mass is 10.1. The number of carbonyl (C=O) groups is 2. The van der Waals surface area contributed by atoms with Gasteiger partial charge in [0.25, 0.3) is 0 Å². The average molecular weight is 954 g/mol. The van der Waals surface area contributed by atoms with Crippen LogP contribution in [0.25, 0.3) is 0 Å². The van der Waals surface area contributed by atoms with Gasteiger partial charge in [0.1, 0.15) is 19.3 Å². The third kappa shape index (κ3) is 47.5. The van der Waals surface area contributed by atoms with E-state index in [1.165, 1.54) is 83.5 Å². The maximum Gasteiger partial charge on any atom is 0.472 e. The Bertz CT molecular complexity index is 1520. The molecule has 0 fully saturated rings. The van der Waals surface area contributed by atoms with Crippen LogP contribution in [-0.2, 0) is 27.9 Å². The Morgan fingerprint density at radius 1 is 0.552 bits per heavy atom. The largest absolute Gasteiger partial charge is 0.472 e. The minimum atomic E-state index is -4.47. The fourth-order valence-electron chi connectivity index (χ4n) is 6.78. The zero-order chi connectivity index (χ0) is 49.4. The monoisotopic (exact) mass is 954 g/mol. The molecule has 0 saturated carbocycles. The van der Waals surface area contributed by atoms with Gasteiger partial charge >= 0.3 is 13.8 Å². The first kappa shape index (κ1) is 63.7. The lowest BCUT2D eigenvalue weighted by Gasteiger charge is -2.27. The van der Waals surface area contributed by atoms with Crippen LogP contribution in [-0.4, -0.2) is 74.3 Å². The van der Waals surface area contributed by atoms with Gasteiger partial charge in [-0.05, 0) is 70.3 Å². The number of phosphoric ester groups is 1. The minimum Gasteiger partial charge on any atom is -0.456 e. The molecule has 0 aromatic heterocycles. The minimum absolute atomic E-state index is 0.0174. The number of phosphoric acid groups is 1. The number of esters is 1. The number of amides is 1. The van der Waals surface area contributed by atoms with Crippen LogP contribution in [0.3, 0.4) is 0 Å². The third-order valence-electron chi connectivity index (χ3n) is 10.9. The summed E-state index contributed by atoms with van der Waals surface area (Å²) in [5.41, 5.74) is 0. The van der Waals surface area contributed by atoms with Gasteiger partial charge < -0.3 is 19.4 Å². The lowest BCUT2D eigenvalue weighted by Crippen LogP contribution is -2.47. The van der Waals surface area contributed by atoms with Crippen molar-refractivity contribution in [2.24, 2.45) is 0 Å². The molecule has 10 heteroatoms. The van der Waals surface area contributed by atoms with Crippen LogP contribution in [0, 0.1) is 0 Å². The molecule has 0 radical (unpaired) electrons. The molecule has 0 aliphatic heterocycles. The molecule has 3 atom stereocenters. The molecule has 0 aliphatic rings. The Labute approximate surface area is 410 Å². The molecule has 0 aromatic rings. The summed E-state index contributed by atoms with van der Waals surface area (Å²) >= 11 is 0. The van der Waals surface area contributed by atoms with Crippen LogP contribution >= 0.6 is 7.82 Å². The first-order valence-corrected chi connectivity index (χ1v) is 27.8. The van der Waals surface area contributed by atoms with Crippen molar-refractivity contribution in [3.63, 3.8) is 0 Å². The highest BCUT2D eigenvalue weighted by atomic mass is 31.2. The van der Waals surface area contributed by atoms with Crippen molar-refractivity contribution in [1.82, 2.24) is 5.32 Å². The first-order valence-electron chi connectivity index (χ1n) is 26.3. The van der Waals surface area contributed by atoms with Crippen LogP contribution in [0.15, 0.2) is 109 Å². The number of quaternary nitrogens is 1. The molecular weight excluding hydrogens is 856 g/mol. The second kappa shape index (κ2) is 46.4. The number of nitrogens with one attached hydrogen (secondary N) is 1. The summed E-state index contributed by atoms with van der Waals surface area (Å²) in [4.78, 5) is 37.4. The van der Waals surface area contributed by atoms with Crippen molar-refractivity contribution in [3.05, 3.63) is 109 Å². The first-order chi connectivity index (χ1) is 32.4. The number of allylic oxidation sites excluding steroid dienone is 17. The molecule has 0 spiro atoms. The molecule has 0 aliphatic carbocycles. The van der Waals surface area contributed by atoms with Crippen molar-refractivity contribution < 1.29 is 37.3 Å². The highest BCUT2D eigenvalue weighted by Gasteiger charge is 2.30. The van der Waals surface area contributed by atoms with Crippen LogP contribution in [0.1, 0.15) is 188 Å². The number of hydrogen-bond donors (Lipinski definition) is 2. The van der Waals surface area contributed by atoms with Gasteiger partial charge in [-0.2, -0.15) is 0 Å². The number of carbonyl (C=O) groups excluding carboxylic acids is 2. The third-order valence-corrected chi connectivity index (χ3v) is 11.9. The van der Waals surface area contributed by atoms with Crippen molar-refractivity contribution in [2.45, 2.75) is 200 Å². The molecule has 2 N–H and O–H groups in total. The summed E-state index contributed by atoms with van der Waals surface area (Å²) in [5, 5.41) is 2.98. The molecule has 3 unspecified atom stereocenters. The van der Waals surface area contributed by atoms with Gasteiger partial charge in [0.2, 0.25) is 5.91 Å². The maximum atomic E-state index is 13.4. The zero-order valence-corrected chi connectivity index (χ0v) is 44.2. The molecule has 0 aromatic carbocycles. The number of hydrogen-bond acceptors (Lipinski definition) is 6. The SMILES string of the molecule is CC\C=C/C=C/C=C/C=C\C=C\C=C\CCCCCC(=O)OC(/C=C/CCCCCCCCCCC)C(COP(=O)(O)OCC[N+](C)(C)C)NC(=O)CC/C=C/C/C=C\CCCCCCCC. The van der Waals surface area contributed by atoms with Crippen LogP contribution in [0.5, 0.6) is 0 Å². The van der Waals surface area contributed by atoms with Gasteiger partial charge in [-0.3, -0.25) is 18.6 Å². The molecule has 0 heterocycles. The maximum absolute atomic E-state index is 13.4. The summed E-state index contributed by atoms with van der Waals surface area (Å²) in [6.07, 6.45) is 62.5. The Kier molecular flexibility index (Phi) is 44.1. The van der Waals surface area contributed by atoms with E-state index in [9.17, 15) is 19.0 Å². The predicted octanol–water partition coefficient (Wildman–Crippen LogP) is 15.4. The molecular formula is C57H98N2O7P+. The molecule has 0 bridgehead atoms. The van der Waals surface area contributed by atoms with Crippen LogP contribution in [0.4, 0.5) is 0 Å². The summed E-state index contributed by atoms with van der Waals surface area (Å²) in [7, 11) is 1.42. The van der Waals surface area contributed by atoms with Crippen molar-refractivity contribution in [3.8, 4) is 0 Å². The van der Waals surface area contributed by atoms with E-state index in [1.807, 2.05) is 100 Å². The van der Waals surface area contributed by atoms with E-state index in [4.69, 9.17) is 13.8 Å². The highest BCUT2D eigenvalue weighted by molar-refractivity contribution is 7.47. The van der Waals surface area contributed by atoms with Crippen LogP contribution in [0.2, 0.25) is 0 Å². The molecule has 0 rings (SSSR count). The summed E-state index contributed by atoms with van der Waals surface area (Å²) in [6, 6.07) is -0.902. The van der Waals surface area contributed by atoms with E-state index in [0.29, 0.717) is 23.9 Å². The molecule has 9 nitrogen and oxygen atoms in total. The molecule has 67 heavy (non-hydrogen) atoms. The van der Waals surface area contributed by atoms with E-state index in [-0.39, 0.29) is 37.9 Å². The zero-order valence-electron chi connectivity index (χ0n) is 43.3. The second-order valence-corrected chi connectivity index (χ2v) is 19.9. The van der Waals surface area contributed by atoms with Gasteiger partial charge in [-0.1, -0.05) is 214 Å². The Hall–Kier alpha value is -3.33. The van der Waals surface area contributed by atoms with E-state index < -0.39 is 20.0 Å².